The van der Waals surface area contributed by atoms with Gasteiger partial charge in [0.25, 0.3) is 10.0 Å². The molecule has 0 amide bonds. The minimum atomic E-state index is -3.69. The summed E-state index contributed by atoms with van der Waals surface area (Å²) in [6.07, 6.45) is 3.61. The standard InChI is InChI=1S/C14H12N4O2S2/c1-2-12-16-8-13(21-12)22(19,20)18-11-5-3-4-10-9(6-15)7-17-14(10)11/h3-5,7-8,17-18H,2H2,1H3. The number of H-pyrrole nitrogens is 1. The normalized spacial score (nSPS) is 11.5. The van der Waals surface area contributed by atoms with Crippen LogP contribution in [0.2, 0.25) is 0 Å². The van der Waals surface area contributed by atoms with Gasteiger partial charge in [-0.15, -0.1) is 11.3 Å². The number of aromatic amines is 1. The lowest BCUT2D eigenvalue weighted by Gasteiger charge is -2.07. The molecule has 0 aliphatic carbocycles. The van der Waals surface area contributed by atoms with Gasteiger partial charge >= 0.3 is 0 Å². The van der Waals surface area contributed by atoms with Crippen molar-refractivity contribution >= 4 is 38.0 Å². The Kier molecular flexibility index (Phi) is 3.60. The molecule has 2 N–H and O–H groups in total. The Balaban J connectivity index is 2.02. The van der Waals surface area contributed by atoms with Gasteiger partial charge < -0.3 is 4.98 Å². The molecule has 3 rings (SSSR count). The first kappa shape index (κ1) is 14.6. The molecule has 112 valence electrons. The Labute approximate surface area is 131 Å². The Morgan fingerprint density at radius 1 is 1.45 bits per heavy atom. The van der Waals surface area contributed by atoms with Crippen molar-refractivity contribution in [1.82, 2.24) is 9.97 Å². The van der Waals surface area contributed by atoms with E-state index in [1.54, 1.807) is 24.4 Å². The number of fused-ring (bicyclic) bond motifs is 1. The molecule has 1 aromatic carbocycles. The molecular formula is C14H12N4O2S2. The average molecular weight is 332 g/mol. The molecule has 0 saturated carbocycles. The number of para-hydroxylation sites is 1. The second-order valence-electron chi connectivity index (χ2n) is 4.57. The average Bonchev–Trinajstić information content (AvgIpc) is 3.14. The predicted molar refractivity (Wildman–Crippen MR) is 85.3 cm³/mol. The molecule has 8 heteroatoms. The van der Waals surface area contributed by atoms with Gasteiger partial charge in [-0.2, -0.15) is 5.26 Å². The lowest BCUT2D eigenvalue weighted by atomic mass is 10.2. The first-order chi connectivity index (χ1) is 10.5. The fraction of sp³-hybridized carbons (Fsp3) is 0.143. The van der Waals surface area contributed by atoms with E-state index in [-0.39, 0.29) is 4.21 Å². The second-order valence-corrected chi connectivity index (χ2v) is 7.60. The Morgan fingerprint density at radius 3 is 2.95 bits per heavy atom. The molecule has 3 aromatic rings. The van der Waals surface area contributed by atoms with Crippen molar-refractivity contribution in [2.45, 2.75) is 17.6 Å². The number of rotatable bonds is 4. The maximum atomic E-state index is 12.4. The number of aromatic nitrogens is 2. The van der Waals surface area contributed by atoms with Crippen LogP contribution in [0, 0.1) is 11.3 Å². The van der Waals surface area contributed by atoms with Crippen molar-refractivity contribution in [2.75, 3.05) is 4.72 Å². The number of hydrogen-bond donors (Lipinski definition) is 2. The van der Waals surface area contributed by atoms with Crippen molar-refractivity contribution in [3.63, 3.8) is 0 Å². The molecule has 0 bridgehead atoms. The second kappa shape index (κ2) is 5.44. The van der Waals surface area contributed by atoms with Crippen LogP contribution in [0.4, 0.5) is 5.69 Å². The number of thiazole rings is 1. The number of anilines is 1. The van der Waals surface area contributed by atoms with Gasteiger partial charge in [0.2, 0.25) is 0 Å². The number of nitriles is 1. The van der Waals surface area contributed by atoms with Crippen molar-refractivity contribution in [2.24, 2.45) is 0 Å². The third-order valence-electron chi connectivity index (χ3n) is 3.18. The van der Waals surface area contributed by atoms with Crippen LogP contribution in [0.1, 0.15) is 17.5 Å². The van der Waals surface area contributed by atoms with Crippen molar-refractivity contribution in [3.05, 3.63) is 41.2 Å². The molecule has 0 saturated heterocycles. The summed E-state index contributed by atoms with van der Waals surface area (Å²) in [6, 6.07) is 7.19. The predicted octanol–water partition coefficient (Wildman–Crippen LogP) is 2.86. The molecule has 0 unspecified atom stereocenters. The van der Waals surface area contributed by atoms with Gasteiger partial charge in [-0.3, -0.25) is 4.72 Å². The van der Waals surface area contributed by atoms with E-state index in [0.717, 1.165) is 16.3 Å². The zero-order valence-corrected chi connectivity index (χ0v) is 13.3. The fourth-order valence-electron chi connectivity index (χ4n) is 2.11. The molecule has 2 heterocycles. The van der Waals surface area contributed by atoms with E-state index in [0.29, 0.717) is 28.6 Å². The van der Waals surface area contributed by atoms with E-state index in [9.17, 15) is 8.42 Å². The SMILES string of the molecule is CCc1ncc(S(=O)(=O)Nc2cccc3c(C#N)c[nH]c23)s1. The Bertz CT molecular complexity index is 980. The zero-order chi connectivity index (χ0) is 15.7. The number of nitrogens with zero attached hydrogens (tertiary/aromatic N) is 2. The van der Waals surface area contributed by atoms with E-state index in [1.807, 2.05) is 6.92 Å². The summed E-state index contributed by atoms with van der Waals surface area (Å²) in [5, 5.41) is 10.5. The number of aryl methyl sites for hydroxylation is 1. The van der Waals surface area contributed by atoms with Crippen LogP contribution in [-0.2, 0) is 16.4 Å². The molecule has 0 aliphatic heterocycles. The molecule has 0 spiro atoms. The Morgan fingerprint density at radius 2 is 2.27 bits per heavy atom. The first-order valence-electron chi connectivity index (χ1n) is 6.53. The highest BCUT2D eigenvalue weighted by Gasteiger charge is 2.19. The zero-order valence-electron chi connectivity index (χ0n) is 11.6. The maximum absolute atomic E-state index is 12.4. The minimum absolute atomic E-state index is 0.174. The molecule has 0 atom stereocenters. The van der Waals surface area contributed by atoms with E-state index in [1.165, 1.54) is 6.20 Å². The quantitative estimate of drug-likeness (QED) is 0.767. The number of hydrogen-bond acceptors (Lipinski definition) is 5. The highest BCUT2D eigenvalue weighted by atomic mass is 32.2. The summed E-state index contributed by atoms with van der Waals surface area (Å²) in [4.78, 5) is 7.01. The molecule has 6 nitrogen and oxygen atoms in total. The van der Waals surface area contributed by atoms with Crippen molar-refractivity contribution in [3.8, 4) is 6.07 Å². The van der Waals surface area contributed by atoms with Gasteiger partial charge in [-0.1, -0.05) is 19.1 Å². The molecule has 0 radical (unpaired) electrons. The molecule has 0 aliphatic rings. The number of nitrogens with one attached hydrogen (secondary N) is 2. The van der Waals surface area contributed by atoms with Gasteiger partial charge in [0.05, 0.1) is 28.0 Å². The fourth-order valence-corrected chi connectivity index (χ4v) is 4.30. The van der Waals surface area contributed by atoms with Gasteiger partial charge in [-0.25, -0.2) is 13.4 Å². The topological polar surface area (TPSA) is 98.6 Å². The summed E-state index contributed by atoms with van der Waals surface area (Å²) in [7, 11) is -3.69. The van der Waals surface area contributed by atoms with Gasteiger partial charge in [0, 0.05) is 11.6 Å². The van der Waals surface area contributed by atoms with Crippen LogP contribution in [0.5, 0.6) is 0 Å². The summed E-state index contributed by atoms with van der Waals surface area (Å²) in [5.41, 5.74) is 1.47. The largest absolute Gasteiger partial charge is 0.358 e. The van der Waals surface area contributed by atoms with Gasteiger partial charge in [-0.05, 0) is 12.5 Å². The summed E-state index contributed by atoms with van der Waals surface area (Å²) >= 11 is 1.15. The van der Waals surface area contributed by atoms with Crippen LogP contribution >= 0.6 is 11.3 Å². The third kappa shape index (κ3) is 2.45. The first-order valence-corrected chi connectivity index (χ1v) is 8.83. The molecule has 0 fully saturated rings. The Hall–Kier alpha value is -2.37. The van der Waals surface area contributed by atoms with E-state index < -0.39 is 10.0 Å². The monoisotopic (exact) mass is 332 g/mol. The van der Waals surface area contributed by atoms with E-state index in [4.69, 9.17) is 5.26 Å². The lowest BCUT2D eigenvalue weighted by Crippen LogP contribution is -2.11. The van der Waals surface area contributed by atoms with Crippen LogP contribution in [0.15, 0.2) is 34.8 Å². The van der Waals surface area contributed by atoms with E-state index >= 15 is 0 Å². The van der Waals surface area contributed by atoms with E-state index in [2.05, 4.69) is 20.8 Å². The minimum Gasteiger partial charge on any atom is -0.358 e. The van der Waals surface area contributed by atoms with Crippen LogP contribution < -0.4 is 4.72 Å². The summed E-state index contributed by atoms with van der Waals surface area (Å²) in [5.74, 6) is 0. The maximum Gasteiger partial charge on any atom is 0.273 e. The van der Waals surface area contributed by atoms with Crippen LogP contribution in [-0.4, -0.2) is 18.4 Å². The smallest absolute Gasteiger partial charge is 0.273 e. The summed E-state index contributed by atoms with van der Waals surface area (Å²) < 4.78 is 27.6. The van der Waals surface area contributed by atoms with Crippen LogP contribution in [0.3, 0.4) is 0 Å². The molecular weight excluding hydrogens is 320 g/mol. The highest BCUT2D eigenvalue weighted by Crippen LogP contribution is 2.28. The van der Waals surface area contributed by atoms with Gasteiger partial charge in [0.1, 0.15) is 6.07 Å². The van der Waals surface area contributed by atoms with Crippen LogP contribution in [0.25, 0.3) is 10.9 Å². The molecule has 2 aromatic heterocycles. The summed E-state index contributed by atoms with van der Waals surface area (Å²) in [6.45, 7) is 1.92. The molecule has 22 heavy (non-hydrogen) atoms. The number of sulfonamides is 1. The third-order valence-corrected chi connectivity index (χ3v) is 6.15. The lowest BCUT2D eigenvalue weighted by molar-refractivity contribution is 0.603. The number of benzene rings is 1. The van der Waals surface area contributed by atoms with Crippen molar-refractivity contribution < 1.29 is 8.42 Å². The van der Waals surface area contributed by atoms with Gasteiger partial charge in [0.15, 0.2) is 4.21 Å². The highest BCUT2D eigenvalue weighted by molar-refractivity contribution is 7.94. The van der Waals surface area contributed by atoms with Crippen molar-refractivity contribution in [1.29, 1.82) is 5.26 Å².